The molecule has 0 N–H and O–H groups in total. The number of hydrogen-bond donors (Lipinski definition) is 0. The number of carbonyl (C=O) groups excluding carboxylic acids is 4. The number of ketones is 1. The molecule has 0 aromatic heterocycles. The molecule has 1 spiro atoms. The van der Waals surface area contributed by atoms with Gasteiger partial charge in [-0.2, -0.15) is 0 Å². The molecule has 2 atom stereocenters. The van der Waals surface area contributed by atoms with Crippen molar-refractivity contribution in [2.75, 3.05) is 20.8 Å². The number of carbonyl (C=O) groups is 4. The van der Waals surface area contributed by atoms with Gasteiger partial charge in [-0.15, -0.1) is 0 Å². The highest BCUT2D eigenvalue weighted by Crippen LogP contribution is 2.73. The van der Waals surface area contributed by atoms with Crippen LogP contribution in [0.1, 0.15) is 46.1 Å². The van der Waals surface area contributed by atoms with Gasteiger partial charge in [-0.1, -0.05) is 30.3 Å². The van der Waals surface area contributed by atoms with Crippen LogP contribution in [0.5, 0.6) is 0 Å². The number of methoxy groups -OCH3 is 2. The number of esters is 3. The highest BCUT2D eigenvalue weighted by Gasteiger charge is 2.89. The Morgan fingerprint density at radius 1 is 1.00 bits per heavy atom. The summed E-state index contributed by atoms with van der Waals surface area (Å²) in [6, 6.07) is 9.49. The molecule has 0 radical (unpaired) electrons. The molecule has 1 aromatic carbocycles. The summed E-state index contributed by atoms with van der Waals surface area (Å²) < 4.78 is 21.8. The topological polar surface area (TPSA) is 108 Å². The fourth-order valence-electron chi connectivity index (χ4n) is 5.54. The Morgan fingerprint density at radius 3 is 2.06 bits per heavy atom. The standard InChI is InChI=1S/C26H31NO8/c1-7-34-22(31)25-17(19(28)32-5)18(20(29)33-6)26(35-25,24(13-14-24)21(25)30)27(23(2,3)4)15-16-11-9-8-10-12-16/h8-12H,7,13-15H2,1-6H3/t25-,26+/m1/s1. The molecule has 3 aliphatic rings. The zero-order valence-electron chi connectivity index (χ0n) is 20.9. The van der Waals surface area contributed by atoms with Crippen LogP contribution >= 0.6 is 0 Å². The van der Waals surface area contributed by atoms with Gasteiger partial charge in [0.15, 0.2) is 11.5 Å². The molecular formula is C26H31NO8. The molecule has 9 heteroatoms. The average Bonchev–Trinajstić information content (AvgIpc) is 3.53. The molecule has 2 heterocycles. The van der Waals surface area contributed by atoms with Crippen LogP contribution in [-0.4, -0.2) is 66.3 Å². The quantitative estimate of drug-likeness (QED) is 0.327. The van der Waals surface area contributed by atoms with Gasteiger partial charge in [-0.3, -0.25) is 9.69 Å². The first-order valence-electron chi connectivity index (χ1n) is 11.6. The smallest absolute Gasteiger partial charge is 0.351 e. The Balaban J connectivity index is 2.08. The van der Waals surface area contributed by atoms with Crippen LogP contribution in [0.2, 0.25) is 0 Å². The molecular weight excluding hydrogens is 454 g/mol. The summed E-state index contributed by atoms with van der Waals surface area (Å²) in [6.07, 6.45) is 0.757. The van der Waals surface area contributed by atoms with Crippen LogP contribution in [0.25, 0.3) is 0 Å². The molecule has 4 rings (SSSR count). The number of benzene rings is 1. The molecule has 1 saturated heterocycles. The van der Waals surface area contributed by atoms with Gasteiger partial charge in [0.25, 0.3) is 5.60 Å². The number of hydrogen-bond acceptors (Lipinski definition) is 9. The number of ether oxygens (including phenoxy) is 4. The lowest BCUT2D eigenvalue weighted by Crippen LogP contribution is -2.63. The van der Waals surface area contributed by atoms with Crippen molar-refractivity contribution in [1.29, 1.82) is 0 Å². The Hall–Kier alpha value is -3.04. The zero-order valence-corrected chi connectivity index (χ0v) is 20.9. The molecule has 9 nitrogen and oxygen atoms in total. The highest BCUT2D eigenvalue weighted by atomic mass is 16.6. The Morgan fingerprint density at radius 2 is 1.57 bits per heavy atom. The van der Waals surface area contributed by atoms with E-state index in [4.69, 9.17) is 18.9 Å². The summed E-state index contributed by atoms with van der Waals surface area (Å²) in [5.74, 6) is -3.50. The van der Waals surface area contributed by atoms with E-state index in [1.54, 1.807) is 6.92 Å². The molecule has 1 aliphatic carbocycles. The monoisotopic (exact) mass is 485 g/mol. The lowest BCUT2D eigenvalue weighted by Gasteiger charge is -2.50. The number of fused-ring (bicyclic) bond motifs is 3. The predicted molar refractivity (Wildman–Crippen MR) is 123 cm³/mol. The molecule has 2 aliphatic heterocycles. The molecule has 1 aromatic rings. The summed E-state index contributed by atoms with van der Waals surface area (Å²) in [7, 11) is 2.30. The fraction of sp³-hybridized carbons (Fsp3) is 0.538. The maximum atomic E-state index is 14.1. The molecule has 0 unspecified atom stereocenters. The van der Waals surface area contributed by atoms with E-state index < -0.39 is 51.5 Å². The first-order valence-corrected chi connectivity index (χ1v) is 11.6. The van der Waals surface area contributed by atoms with Gasteiger partial charge < -0.3 is 18.9 Å². The SMILES string of the molecule is CCOC(=O)[C@@]12O[C@@](N(Cc3ccccc3)C(C)(C)C)(C(C(=O)OC)=C1C(=O)OC)C1(CC1)C2=O. The summed E-state index contributed by atoms with van der Waals surface area (Å²) in [4.78, 5) is 56.0. The van der Waals surface area contributed by atoms with Crippen molar-refractivity contribution in [3.05, 3.63) is 47.0 Å². The molecule has 35 heavy (non-hydrogen) atoms. The summed E-state index contributed by atoms with van der Waals surface area (Å²) in [5, 5.41) is 0. The van der Waals surface area contributed by atoms with Gasteiger partial charge in [0.2, 0.25) is 0 Å². The first-order chi connectivity index (χ1) is 16.5. The third-order valence-corrected chi connectivity index (χ3v) is 7.11. The second-order valence-corrected chi connectivity index (χ2v) is 10.0. The van der Waals surface area contributed by atoms with E-state index in [0.717, 1.165) is 12.7 Å². The van der Waals surface area contributed by atoms with Gasteiger partial charge in [0.1, 0.15) is 5.57 Å². The van der Waals surface area contributed by atoms with Crippen LogP contribution in [0.4, 0.5) is 0 Å². The van der Waals surface area contributed by atoms with Crippen LogP contribution in [-0.2, 0) is 44.7 Å². The third kappa shape index (κ3) is 3.21. The molecule has 0 amide bonds. The van der Waals surface area contributed by atoms with Gasteiger partial charge in [-0.05, 0) is 46.1 Å². The Kier molecular flexibility index (Phi) is 5.92. The average molecular weight is 486 g/mol. The normalized spacial score (nSPS) is 26.3. The maximum Gasteiger partial charge on any atom is 0.351 e. The lowest BCUT2D eigenvalue weighted by atomic mass is 9.68. The molecule has 2 bridgehead atoms. The highest BCUT2D eigenvalue weighted by molar-refractivity contribution is 6.26. The third-order valence-electron chi connectivity index (χ3n) is 7.11. The number of Topliss-reactive ketones (excluding diaryl/α,β-unsaturated/α-hetero) is 1. The van der Waals surface area contributed by atoms with E-state index in [9.17, 15) is 19.2 Å². The molecule has 1 saturated carbocycles. The Labute approximate surface area is 204 Å². The zero-order chi connectivity index (χ0) is 25.8. The van der Waals surface area contributed by atoms with Crippen LogP contribution in [0.15, 0.2) is 41.5 Å². The van der Waals surface area contributed by atoms with E-state index >= 15 is 0 Å². The second-order valence-electron chi connectivity index (χ2n) is 10.0. The summed E-state index contributed by atoms with van der Waals surface area (Å²) >= 11 is 0. The minimum Gasteiger partial charge on any atom is -0.466 e. The minimum absolute atomic E-state index is 0.0494. The van der Waals surface area contributed by atoms with Gasteiger partial charge in [-0.25, -0.2) is 14.4 Å². The Bertz CT molecular complexity index is 1110. The van der Waals surface area contributed by atoms with E-state index in [1.165, 1.54) is 7.11 Å². The first kappa shape index (κ1) is 25.1. The van der Waals surface area contributed by atoms with Crippen LogP contribution < -0.4 is 0 Å². The summed E-state index contributed by atoms with van der Waals surface area (Å²) in [5.41, 5.74) is -5.79. The van der Waals surface area contributed by atoms with E-state index in [0.29, 0.717) is 12.8 Å². The van der Waals surface area contributed by atoms with Crippen molar-refractivity contribution in [3.8, 4) is 0 Å². The second kappa shape index (κ2) is 8.27. The minimum atomic E-state index is -2.41. The molecule has 2 fully saturated rings. The fourth-order valence-corrected chi connectivity index (χ4v) is 5.54. The van der Waals surface area contributed by atoms with Crippen molar-refractivity contribution in [1.82, 2.24) is 4.90 Å². The summed E-state index contributed by atoms with van der Waals surface area (Å²) in [6.45, 7) is 7.57. The van der Waals surface area contributed by atoms with Crippen molar-refractivity contribution < 1.29 is 38.1 Å². The maximum absolute atomic E-state index is 14.1. The van der Waals surface area contributed by atoms with E-state index in [-0.39, 0.29) is 18.7 Å². The number of rotatable bonds is 7. The van der Waals surface area contributed by atoms with Gasteiger partial charge in [0, 0.05) is 12.1 Å². The lowest BCUT2D eigenvalue weighted by molar-refractivity contribution is -0.202. The van der Waals surface area contributed by atoms with E-state index in [2.05, 4.69) is 0 Å². The van der Waals surface area contributed by atoms with Gasteiger partial charge in [0.05, 0.1) is 31.8 Å². The largest absolute Gasteiger partial charge is 0.466 e. The predicted octanol–water partition coefficient (Wildman–Crippen LogP) is 2.32. The van der Waals surface area contributed by atoms with Crippen molar-refractivity contribution in [2.24, 2.45) is 5.41 Å². The number of nitrogens with zero attached hydrogens (tertiary/aromatic N) is 1. The van der Waals surface area contributed by atoms with Crippen molar-refractivity contribution in [2.45, 2.75) is 63.9 Å². The van der Waals surface area contributed by atoms with Crippen LogP contribution in [0, 0.1) is 5.41 Å². The van der Waals surface area contributed by atoms with Crippen molar-refractivity contribution >= 4 is 23.7 Å². The van der Waals surface area contributed by atoms with Crippen LogP contribution in [0.3, 0.4) is 0 Å². The molecule has 188 valence electrons. The van der Waals surface area contributed by atoms with E-state index in [1.807, 2.05) is 56.0 Å². The van der Waals surface area contributed by atoms with Crippen molar-refractivity contribution in [3.63, 3.8) is 0 Å². The van der Waals surface area contributed by atoms with Gasteiger partial charge >= 0.3 is 17.9 Å².